The van der Waals surface area contributed by atoms with Crippen LogP contribution in [0.4, 0.5) is 4.39 Å². The largest absolute Gasteiger partial charge is 0.462 e. The number of carbonyl (C=O) groups is 1. The number of hydrogen-bond acceptors (Lipinski definition) is 4. The second-order valence-electron chi connectivity index (χ2n) is 9.91. The fourth-order valence-electron chi connectivity index (χ4n) is 6.85. The maximum absolute atomic E-state index is 15.3. The molecule has 7 heteroatoms. The molecule has 1 atom stereocenters. The highest BCUT2D eigenvalue weighted by Crippen LogP contribution is 2.60. The number of halogens is 1. The molecule has 5 aliphatic carbocycles. The van der Waals surface area contributed by atoms with Crippen LogP contribution in [0.3, 0.4) is 0 Å². The van der Waals surface area contributed by atoms with Crippen LogP contribution in [0.2, 0.25) is 0 Å². The van der Waals surface area contributed by atoms with Crippen LogP contribution >= 0.6 is 0 Å². The number of esters is 1. The van der Waals surface area contributed by atoms with Gasteiger partial charge in [-0.1, -0.05) is 32.1 Å². The lowest BCUT2D eigenvalue weighted by Gasteiger charge is -2.56. The van der Waals surface area contributed by atoms with E-state index in [1.54, 1.807) is 0 Å². The van der Waals surface area contributed by atoms with E-state index in [0.717, 1.165) is 38.5 Å². The Morgan fingerprint density at radius 3 is 2.04 bits per heavy atom. The summed E-state index contributed by atoms with van der Waals surface area (Å²) >= 11 is 0. The molecule has 0 aromatic carbocycles. The first-order valence-electron chi connectivity index (χ1n) is 10.5. The minimum absolute atomic E-state index is 0.0845. The van der Waals surface area contributed by atoms with E-state index in [9.17, 15) is 17.8 Å². The normalized spacial score (nSPS) is 38.5. The quantitative estimate of drug-likeness (QED) is 0.530. The molecule has 5 fully saturated rings. The molecule has 0 spiro atoms. The molecule has 5 aliphatic rings. The van der Waals surface area contributed by atoms with Crippen molar-refractivity contribution in [2.75, 3.05) is 6.61 Å². The Balaban J connectivity index is 1.44. The van der Waals surface area contributed by atoms with Crippen LogP contribution in [0, 0.1) is 29.1 Å². The third kappa shape index (κ3) is 3.78. The van der Waals surface area contributed by atoms with Gasteiger partial charge < -0.3 is 4.74 Å². The molecule has 0 amide bonds. The van der Waals surface area contributed by atoms with Crippen molar-refractivity contribution in [3.8, 4) is 0 Å². The summed E-state index contributed by atoms with van der Waals surface area (Å²) in [7, 11) is -5.18. The first kappa shape index (κ1) is 19.6. The van der Waals surface area contributed by atoms with Crippen LogP contribution in [0.15, 0.2) is 0 Å². The highest BCUT2D eigenvalue weighted by atomic mass is 32.2. The van der Waals surface area contributed by atoms with Gasteiger partial charge in [-0.25, -0.2) is 9.18 Å². The molecule has 5 saturated carbocycles. The highest BCUT2D eigenvalue weighted by molar-refractivity contribution is 7.87. The highest BCUT2D eigenvalue weighted by Gasteiger charge is 2.56. The van der Waals surface area contributed by atoms with Crippen LogP contribution in [-0.2, 0) is 19.6 Å². The van der Waals surface area contributed by atoms with Crippen molar-refractivity contribution in [1.82, 2.24) is 0 Å². The van der Waals surface area contributed by atoms with Gasteiger partial charge in [0.1, 0.15) is 0 Å². The minimum Gasteiger partial charge on any atom is -0.462 e. The molecule has 1 unspecified atom stereocenters. The van der Waals surface area contributed by atoms with Gasteiger partial charge in [0, 0.05) is 11.8 Å². The van der Waals surface area contributed by atoms with Crippen molar-refractivity contribution in [3.63, 3.8) is 0 Å². The molecule has 0 aromatic heterocycles. The Labute approximate surface area is 161 Å². The molecule has 5 nitrogen and oxygen atoms in total. The first-order valence-corrected chi connectivity index (χ1v) is 12.0. The van der Waals surface area contributed by atoms with Gasteiger partial charge in [0.2, 0.25) is 0 Å². The number of hydrogen-bond donors (Lipinski definition) is 1. The minimum atomic E-state index is -5.18. The Bertz CT molecular complexity index is 649. The van der Waals surface area contributed by atoms with E-state index in [2.05, 4.69) is 0 Å². The van der Waals surface area contributed by atoms with E-state index < -0.39 is 27.5 Å². The average molecular weight is 403 g/mol. The summed E-state index contributed by atoms with van der Waals surface area (Å²) in [5.41, 5.74) is -0.116. The van der Waals surface area contributed by atoms with Crippen molar-refractivity contribution in [3.05, 3.63) is 0 Å². The van der Waals surface area contributed by atoms with E-state index in [1.165, 1.54) is 19.3 Å². The molecular weight excluding hydrogens is 371 g/mol. The topological polar surface area (TPSA) is 80.7 Å². The third-order valence-electron chi connectivity index (χ3n) is 7.66. The number of rotatable bonds is 6. The predicted octanol–water partition coefficient (Wildman–Crippen LogP) is 4.27. The van der Waals surface area contributed by atoms with E-state index in [-0.39, 0.29) is 17.9 Å². The van der Waals surface area contributed by atoms with E-state index >= 15 is 4.39 Å². The lowest BCUT2D eigenvalue weighted by atomic mass is 9.50. The molecule has 0 aliphatic heterocycles. The van der Waals surface area contributed by atoms with Gasteiger partial charge in [-0.2, -0.15) is 8.42 Å². The standard InChI is InChI=1S/C20H31FO5S/c21-20(27(23,24)25,12-14-4-2-1-3-5-14)18(22)26-13-19-9-15-6-16(10-19)8-17(7-15)11-19/h14-17H,1-13H2,(H,23,24,25). The predicted molar refractivity (Wildman–Crippen MR) is 98.1 cm³/mol. The van der Waals surface area contributed by atoms with Crippen LogP contribution in [0.5, 0.6) is 0 Å². The molecule has 4 bridgehead atoms. The Kier molecular flexibility index (Phi) is 5.07. The Hall–Kier alpha value is -0.690. The summed E-state index contributed by atoms with van der Waals surface area (Å²) in [6.45, 7) is 0.0845. The lowest BCUT2D eigenvalue weighted by Crippen LogP contribution is -2.50. The first-order chi connectivity index (χ1) is 12.7. The molecule has 0 heterocycles. The number of alkyl halides is 1. The Morgan fingerprint density at radius 1 is 1.04 bits per heavy atom. The lowest BCUT2D eigenvalue weighted by molar-refractivity contribution is -0.164. The monoisotopic (exact) mass is 402 g/mol. The fourth-order valence-corrected chi connectivity index (χ4v) is 7.57. The second-order valence-corrected chi connectivity index (χ2v) is 11.5. The van der Waals surface area contributed by atoms with Gasteiger partial charge in [-0.3, -0.25) is 4.55 Å². The molecule has 154 valence electrons. The number of ether oxygens (including phenoxy) is 1. The van der Waals surface area contributed by atoms with Crippen molar-refractivity contribution in [1.29, 1.82) is 0 Å². The maximum atomic E-state index is 15.3. The van der Waals surface area contributed by atoms with Crippen molar-refractivity contribution in [2.24, 2.45) is 29.1 Å². The van der Waals surface area contributed by atoms with Crippen LogP contribution in [-0.4, -0.2) is 30.5 Å². The van der Waals surface area contributed by atoms with Gasteiger partial charge in [0.15, 0.2) is 0 Å². The summed E-state index contributed by atoms with van der Waals surface area (Å²) in [6, 6.07) is 0. The fraction of sp³-hybridized carbons (Fsp3) is 0.950. The third-order valence-corrected chi connectivity index (χ3v) is 8.82. The molecule has 0 saturated heterocycles. The van der Waals surface area contributed by atoms with Gasteiger partial charge in [-0.05, 0) is 62.2 Å². The zero-order valence-corrected chi connectivity index (χ0v) is 16.7. The summed E-state index contributed by atoms with van der Waals surface area (Å²) < 4.78 is 53.7. The molecule has 27 heavy (non-hydrogen) atoms. The number of carbonyl (C=O) groups excluding carboxylic acids is 1. The van der Waals surface area contributed by atoms with Crippen molar-refractivity contribution in [2.45, 2.75) is 82.1 Å². The molecular formula is C20H31FO5S. The van der Waals surface area contributed by atoms with Gasteiger partial charge in [0.25, 0.3) is 0 Å². The SMILES string of the molecule is O=C(OCC12CC3CC(CC(C3)C1)C2)C(F)(CC1CCCCC1)S(=O)(=O)O. The van der Waals surface area contributed by atoms with E-state index in [4.69, 9.17) is 4.74 Å². The molecule has 1 N–H and O–H groups in total. The smallest absolute Gasteiger partial charge is 0.362 e. The van der Waals surface area contributed by atoms with Gasteiger partial charge in [0.05, 0.1) is 6.61 Å². The summed E-state index contributed by atoms with van der Waals surface area (Å²) in [4.78, 5) is 12.5. The molecule has 0 aromatic rings. The van der Waals surface area contributed by atoms with E-state index in [0.29, 0.717) is 30.6 Å². The molecule has 0 radical (unpaired) electrons. The van der Waals surface area contributed by atoms with Crippen LogP contribution in [0.25, 0.3) is 0 Å². The summed E-state index contributed by atoms with van der Waals surface area (Å²) in [6.07, 6.45) is 10.4. The maximum Gasteiger partial charge on any atom is 0.362 e. The zero-order chi connectivity index (χ0) is 19.3. The Morgan fingerprint density at radius 2 is 1.56 bits per heavy atom. The van der Waals surface area contributed by atoms with Crippen molar-refractivity contribution < 1.29 is 26.9 Å². The van der Waals surface area contributed by atoms with E-state index in [1.807, 2.05) is 0 Å². The van der Waals surface area contributed by atoms with Gasteiger partial charge >= 0.3 is 21.1 Å². The van der Waals surface area contributed by atoms with Crippen LogP contribution in [0.1, 0.15) is 77.0 Å². The summed E-state index contributed by atoms with van der Waals surface area (Å²) in [5, 5.41) is -3.34. The zero-order valence-electron chi connectivity index (χ0n) is 15.9. The average Bonchev–Trinajstić information content (AvgIpc) is 2.58. The van der Waals surface area contributed by atoms with Crippen molar-refractivity contribution >= 4 is 16.1 Å². The van der Waals surface area contributed by atoms with Crippen LogP contribution < -0.4 is 0 Å². The second kappa shape index (κ2) is 6.97. The summed E-state index contributed by atoms with van der Waals surface area (Å²) in [5.74, 6) is 0.362. The van der Waals surface area contributed by atoms with Gasteiger partial charge in [-0.15, -0.1) is 0 Å². The molecule has 5 rings (SSSR count).